The number of carbonyl (C=O) groups excluding carboxylic acids is 1. The van der Waals surface area contributed by atoms with Gasteiger partial charge in [-0.2, -0.15) is 0 Å². The molecule has 20 heavy (non-hydrogen) atoms. The summed E-state index contributed by atoms with van der Waals surface area (Å²) in [5.41, 5.74) is 1.02. The third-order valence-electron chi connectivity index (χ3n) is 2.56. The maximum Gasteiger partial charge on any atom is 0.274 e. The Bertz CT molecular complexity index is 757. The molecule has 0 unspecified atom stereocenters. The first-order valence-corrected chi connectivity index (χ1v) is 7.29. The molecule has 0 fully saturated rings. The zero-order valence-corrected chi connectivity index (χ0v) is 11.5. The summed E-state index contributed by atoms with van der Waals surface area (Å²) in [6.07, 6.45) is 0. The SMILES string of the molecule is Cc1cccc(C(=O)Nc2ccccc2S(N)(=O)=O)n1. The Morgan fingerprint density at radius 1 is 1.15 bits per heavy atom. The van der Waals surface area contributed by atoms with E-state index < -0.39 is 15.9 Å². The van der Waals surface area contributed by atoms with Crippen molar-refractivity contribution in [2.75, 3.05) is 5.32 Å². The van der Waals surface area contributed by atoms with Gasteiger partial charge in [0.15, 0.2) is 0 Å². The van der Waals surface area contributed by atoms with Gasteiger partial charge in [-0.05, 0) is 31.2 Å². The van der Waals surface area contributed by atoms with Gasteiger partial charge in [0.1, 0.15) is 10.6 Å². The van der Waals surface area contributed by atoms with E-state index in [9.17, 15) is 13.2 Å². The van der Waals surface area contributed by atoms with Crippen LogP contribution in [0.1, 0.15) is 16.2 Å². The molecule has 1 amide bonds. The van der Waals surface area contributed by atoms with Crippen molar-refractivity contribution in [3.05, 3.63) is 53.9 Å². The summed E-state index contributed by atoms with van der Waals surface area (Å²) < 4.78 is 22.9. The number of nitrogens with one attached hydrogen (secondary N) is 1. The van der Waals surface area contributed by atoms with Crippen LogP contribution >= 0.6 is 0 Å². The molecule has 0 bridgehead atoms. The van der Waals surface area contributed by atoms with Crippen molar-refractivity contribution in [2.24, 2.45) is 5.14 Å². The van der Waals surface area contributed by atoms with Gasteiger partial charge in [0, 0.05) is 5.69 Å². The average molecular weight is 291 g/mol. The number of nitrogens with zero attached hydrogens (tertiary/aromatic N) is 1. The van der Waals surface area contributed by atoms with Gasteiger partial charge in [-0.1, -0.05) is 18.2 Å². The van der Waals surface area contributed by atoms with Gasteiger partial charge >= 0.3 is 0 Å². The van der Waals surface area contributed by atoms with Gasteiger partial charge in [0.25, 0.3) is 5.91 Å². The van der Waals surface area contributed by atoms with Gasteiger partial charge in [-0.25, -0.2) is 18.5 Å². The third kappa shape index (κ3) is 3.19. The van der Waals surface area contributed by atoms with E-state index in [0.717, 1.165) is 0 Å². The van der Waals surface area contributed by atoms with Gasteiger partial charge in [-0.3, -0.25) is 4.79 Å². The minimum Gasteiger partial charge on any atom is -0.319 e. The molecule has 0 aliphatic carbocycles. The van der Waals surface area contributed by atoms with E-state index in [-0.39, 0.29) is 16.3 Å². The molecular formula is C13H13N3O3S. The standard InChI is InChI=1S/C13H13N3O3S/c1-9-5-4-7-11(15-9)13(17)16-10-6-2-3-8-12(10)20(14,18)19/h2-8H,1H3,(H,16,17)(H2,14,18,19). The zero-order valence-electron chi connectivity index (χ0n) is 10.7. The van der Waals surface area contributed by atoms with Gasteiger partial charge < -0.3 is 5.32 Å². The number of para-hydroxylation sites is 1. The van der Waals surface area contributed by atoms with Crippen LogP contribution in [0.4, 0.5) is 5.69 Å². The number of nitrogens with two attached hydrogens (primary N) is 1. The molecule has 1 heterocycles. The second kappa shape index (κ2) is 5.40. The molecular weight excluding hydrogens is 278 g/mol. The highest BCUT2D eigenvalue weighted by Crippen LogP contribution is 2.19. The number of pyridine rings is 1. The van der Waals surface area contributed by atoms with Crippen molar-refractivity contribution in [1.82, 2.24) is 4.98 Å². The number of aryl methyl sites for hydroxylation is 1. The van der Waals surface area contributed by atoms with Crippen molar-refractivity contribution >= 4 is 21.6 Å². The maximum atomic E-state index is 12.0. The van der Waals surface area contributed by atoms with Crippen LogP contribution in [0, 0.1) is 6.92 Å². The number of amides is 1. The summed E-state index contributed by atoms with van der Waals surface area (Å²) >= 11 is 0. The Morgan fingerprint density at radius 3 is 2.50 bits per heavy atom. The number of sulfonamides is 1. The molecule has 0 saturated carbocycles. The predicted octanol–water partition coefficient (Wildman–Crippen LogP) is 1.29. The van der Waals surface area contributed by atoms with E-state index >= 15 is 0 Å². The Balaban J connectivity index is 2.34. The first-order chi connectivity index (χ1) is 9.38. The fourth-order valence-corrected chi connectivity index (χ4v) is 2.37. The largest absolute Gasteiger partial charge is 0.319 e. The number of hydrogen-bond donors (Lipinski definition) is 2. The number of benzene rings is 1. The monoisotopic (exact) mass is 291 g/mol. The molecule has 7 heteroatoms. The van der Waals surface area contributed by atoms with Crippen LogP contribution in [0.2, 0.25) is 0 Å². The van der Waals surface area contributed by atoms with E-state index in [1.165, 1.54) is 18.2 Å². The summed E-state index contributed by atoms with van der Waals surface area (Å²) in [7, 11) is -3.90. The lowest BCUT2D eigenvalue weighted by Gasteiger charge is -2.09. The van der Waals surface area contributed by atoms with E-state index in [1.807, 2.05) is 0 Å². The predicted molar refractivity (Wildman–Crippen MR) is 74.7 cm³/mol. The summed E-state index contributed by atoms with van der Waals surface area (Å²) in [5.74, 6) is -0.496. The number of hydrogen-bond acceptors (Lipinski definition) is 4. The second-order valence-corrected chi connectivity index (χ2v) is 5.69. The molecule has 3 N–H and O–H groups in total. The van der Waals surface area contributed by atoms with Gasteiger partial charge in [0.05, 0.1) is 5.69 Å². The zero-order chi connectivity index (χ0) is 14.8. The topological polar surface area (TPSA) is 102 Å². The lowest BCUT2D eigenvalue weighted by Crippen LogP contribution is -2.19. The number of anilines is 1. The average Bonchev–Trinajstić information content (AvgIpc) is 2.38. The molecule has 0 saturated heterocycles. The fraction of sp³-hybridized carbons (Fsp3) is 0.0769. The molecule has 1 aromatic heterocycles. The van der Waals surface area contributed by atoms with E-state index in [1.54, 1.807) is 31.2 Å². The van der Waals surface area contributed by atoms with E-state index in [0.29, 0.717) is 5.69 Å². The minimum atomic E-state index is -3.90. The van der Waals surface area contributed by atoms with Crippen LogP contribution < -0.4 is 10.5 Å². The Labute approximate surface area is 116 Å². The number of aromatic nitrogens is 1. The first kappa shape index (κ1) is 14.2. The van der Waals surface area contributed by atoms with Crippen molar-refractivity contribution < 1.29 is 13.2 Å². The lowest BCUT2D eigenvalue weighted by molar-refractivity contribution is 0.102. The van der Waals surface area contributed by atoms with Gasteiger partial charge in [0.2, 0.25) is 10.0 Å². The van der Waals surface area contributed by atoms with E-state index in [4.69, 9.17) is 5.14 Å². The molecule has 6 nitrogen and oxygen atoms in total. The molecule has 0 aliphatic rings. The Kier molecular flexibility index (Phi) is 3.82. The normalized spacial score (nSPS) is 11.1. The molecule has 1 aromatic carbocycles. The highest BCUT2D eigenvalue weighted by molar-refractivity contribution is 7.89. The minimum absolute atomic E-state index is 0.128. The fourth-order valence-electron chi connectivity index (χ4n) is 1.67. The molecule has 2 aromatic rings. The first-order valence-electron chi connectivity index (χ1n) is 5.75. The van der Waals surface area contributed by atoms with Crippen LogP contribution in [-0.4, -0.2) is 19.3 Å². The number of rotatable bonds is 3. The smallest absolute Gasteiger partial charge is 0.274 e. The quantitative estimate of drug-likeness (QED) is 0.889. The molecule has 104 valence electrons. The summed E-state index contributed by atoms with van der Waals surface area (Å²) in [6.45, 7) is 1.76. The Hall–Kier alpha value is -2.25. The maximum absolute atomic E-state index is 12.0. The van der Waals surface area contributed by atoms with Crippen LogP contribution in [-0.2, 0) is 10.0 Å². The van der Waals surface area contributed by atoms with Crippen molar-refractivity contribution in [3.8, 4) is 0 Å². The lowest BCUT2D eigenvalue weighted by atomic mass is 10.2. The second-order valence-electron chi connectivity index (χ2n) is 4.16. The molecule has 0 radical (unpaired) electrons. The highest BCUT2D eigenvalue weighted by Gasteiger charge is 2.16. The van der Waals surface area contributed by atoms with Crippen LogP contribution in [0.5, 0.6) is 0 Å². The Morgan fingerprint density at radius 2 is 1.85 bits per heavy atom. The summed E-state index contributed by atoms with van der Waals surface area (Å²) in [4.78, 5) is 16.0. The molecule has 0 atom stereocenters. The van der Waals surface area contributed by atoms with E-state index in [2.05, 4.69) is 10.3 Å². The molecule has 2 rings (SSSR count). The summed E-state index contributed by atoms with van der Waals surface area (Å²) in [6, 6.07) is 10.9. The van der Waals surface area contributed by atoms with Crippen LogP contribution in [0.15, 0.2) is 47.4 Å². The van der Waals surface area contributed by atoms with Crippen molar-refractivity contribution in [3.63, 3.8) is 0 Å². The molecule has 0 spiro atoms. The van der Waals surface area contributed by atoms with Crippen LogP contribution in [0.3, 0.4) is 0 Å². The van der Waals surface area contributed by atoms with Crippen molar-refractivity contribution in [1.29, 1.82) is 0 Å². The molecule has 0 aliphatic heterocycles. The highest BCUT2D eigenvalue weighted by atomic mass is 32.2. The number of primary sulfonamides is 1. The van der Waals surface area contributed by atoms with Gasteiger partial charge in [-0.15, -0.1) is 0 Å². The van der Waals surface area contributed by atoms with Crippen molar-refractivity contribution in [2.45, 2.75) is 11.8 Å². The number of carbonyl (C=O) groups is 1. The third-order valence-corrected chi connectivity index (χ3v) is 3.53. The summed E-state index contributed by atoms with van der Waals surface area (Å²) in [5, 5.41) is 7.60. The van der Waals surface area contributed by atoms with Crippen LogP contribution in [0.25, 0.3) is 0 Å².